The molecule has 0 spiro atoms. The first kappa shape index (κ1) is 16.7. The molecular weight excluding hydrogens is 312 g/mol. The molecule has 134 valence electrons. The van der Waals surface area contributed by atoms with Gasteiger partial charge in [0.2, 0.25) is 11.8 Å². The van der Waals surface area contributed by atoms with Crippen molar-refractivity contribution in [2.45, 2.75) is 57.7 Å². The SMILES string of the molecule is CCN(Cc1nnc(C2CC2)o1)C1CCN(C(C)c2ccccc2)C1. The van der Waals surface area contributed by atoms with Gasteiger partial charge in [0.15, 0.2) is 0 Å². The van der Waals surface area contributed by atoms with E-state index in [2.05, 4.69) is 64.2 Å². The minimum absolute atomic E-state index is 0.467. The topological polar surface area (TPSA) is 45.4 Å². The van der Waals surface area contributed by atoms with Crippen LogP contribution in [0.1, 0.15) is 62.4 Å². The Morgan fingerprint density at radius 2 is 2.00 bits per heavy atom. The summed E-state index contributed by atoms with van der Waals surface area (Å²) in [5.74, 6) is 2.15. The second-order valence-corrected chi connectivity index (χ2v) is 7.40. The van der Waals surface area contributed by atoms with Crippen LogP contribution in [0.5, 0.6) is 0 Å². The lowest BCUT2D eigenvalue weighted by atomic mass is 10.1. The zero-order valence-electron chi connectivity index (χ0n) is 15.3. The molecule has 0 N–H and O–H groups in total. The maximum absolute atomic E-state index is 5.87. The Hall–Kier alpha value is -1.72. The Morgan fingerprint density at radius 3 is 2.72 bits per heavy atom. The van der Waals surface area contributed by atoms with Gasteiger partial charge in [-0.25, -0.2) is 0 Å². The van der Waals surface area contributed by atoms with Crippen LogP contribution < -0.4 is 0 Å². The molecule has 2 unspecified atom stereocenters. The summed E-state index contributed by atoms with van der Waals surface area (Å²) in [6, 6.07) is 11.8. The maximum Gasteiger partial charge on any atom is 0.230 e. The lowest BCUT2D eigenvalue weighted by Crippen LogP contribution is -2.37. The molecule has 2 atom stereocenters. The Kier molecular flexibility index (Phi) is 4.86. The molecule has 1 aliphatic heterocycles. The second-order valence-electron chi connectivity index (χ2n) is 7.40. The van der Waals surface area contributed by atoms with E-state index in [0.717, 1.165) is 38.0 Å². The number of hydrogen-bond donors (Lipinski definition) is 0. The van der Waals surface area contributed by atoms with Gasteiger partial charge in [-0.3, -0.25) is 9.80 Å². The minimum Gasteiger partial charge on any atom is -0.424 e. The number of nitrogens with zero attached hydrogens (tertiary/aromatic N) is 4. The van der Waals surface area contributed by atoms with Gasteiger partial charge in [0.25, 0.3) is 0 Å². The molecule has 4 rings (SSSR count). The number of likely N-dealkylation sites (N-methyl/N-ethyl adjacent to an activating group) is 1. The molecule has 0 radical (unpaired) electrons. The fraction of sp³-hybridized carbons (Fsp3) is 0.600. The van der Waals surface area contributed by atoms with Gasteiger partial charge < -0.3 is 4.42 Å². The average Bonchev–Trinajstić information content (AvgIpc) is 3.20. The van der Waals surface area contributed by atoms with Crippen LogP contribution in [0.3, 0.4) is 0 Å². The third-order valence-corrected chi connectivity index (χ3v) is 5.69. The van der Waals surface area contributed by atoms with Crippen LogP contribution in [0.2, 0.25) is 0 Å². The monoisotopic (exact) mass is 340 g/mol. The van der Waals surface area contributed by atoms with Crippen molar-refractivity contribution in [3.8, 4) is 0 Å². The molecule has 2 heterocycles. The molecule has 2 aromatic rings. The van der Waals surface area contributed by atoms with Crippen molar-refractivity contribution in [3.63, 3.8) is 0 Å². The van der Waals surface area contributed by atoms with Gasteiger partial charge in [0.1, 0.15) is 0 Å². The number of aromatic nitrogens is 2. The molecule has 1 aromatic heterocycles. The summed E-state index contributed by atoms with van der Waals surface area (Å²) in [6.45, 7) is 8.57. The smallest absolute Gasteiger partial charge is 0.230 e. The normalized spacial score (nSPS) is 22.6. The van der Waals surface area contributed by atoms with Gasteiger partial charge in [-0.1, -0.05) is 37.3 Å². The van der Waals surface area contributed by atoms with E-state index in [1.165, 1.54) is 24.8 Å². The van der Waals surface area contributed by atoms with Crippen molar-refractivity contribution < 1.29 is 4.42 Å². The van der Waals surface area contributed by atoms with E-state index in [9.17, 15) is 0 Å². The largest absolute Gasteiger partial charge is 0.424 e. The number of hydrogen-bond acceptors (Lipinski definition) is 5. The lowest BCUT2D eigenvalue weighted by Gasteiger charge is -2.28. The third-order valence-electron chi connectivity index (χ3n) is 5.69. The van der Waals surface area contributed by atoms with Crippen molar-refractivity contribution >= 4 is 0 Å². The van der Waals surface area contributed by atoms with Gasteiger partial charge in [-0.2, -0.15) is 0 Å². The Morgan fingerprint density at radius 1 is 1.20 bits per heavy atom. The Labute approximate surface area is 150 Å². The molecular formula is C20H28N4O. The van der Waals surface area contributed by atoms with Gasteiger partial charge in [-0.05, 0) is 38.3 Å². The van der Waals surface area contributed by atoms with Crippen molar-refractivity contribution in [2.24, 2.45) is 0 Å². The van der Waals surface area contributed by atoms with Crippen molar-refractivity contribution in [3.05, 3.63) is 47.7 Å². The summed E-state index contributed by atoms with van der Waals surface area (Å²) < 4.78 is 5.87. The number of rotatable bonds is 7. The highest BCUT2D eigenvalue weighted by Crippen LogP contribution is 2.39. The summed E-state index contributed by atoms with van der Waals surface area (Å²) >= 11 is 0. The van der Waals surface area contributed by atoms with E-state index in [0.29, 0.717) is 18.0 Å². The van der Waals surface area contributed by atoms with Crippen LogP contribution >= 0.6 is 0 Å². The quantitative estimate of drug-likeness (QED) is 0.770. The predicted molar refractivity (Wildman–Crippen MR) is 97.2 cm³/mol. The molecule has 2 aliphatic rings. The van der Waals surface area contributed by atoms with Crippen molar-refractivity contribution in [1.29, 1.82) is 0 Å². The molecule has 1 aliphatic carbocycles. The first-order valence-corrected chi connectivity index (χ1v) is 9.60. The molecule has 1 saturated heterocycles. The van der Waals surface area contributed by atoms with E-state index < -0.39 is 0 Å². The van der Waals surface area contributed by atoms with E-state index in [4.69, 9.17) is 4.42 Å². The third kappa shape index (κ3) is 3.77. The lowest BCUT2D eigenvalue weighted by molar-refractivity contribution is 0.166. The molecule has 5 heteroatoms. The standard InChI is InChI=1S/C20H28N4O/c1-3-23(14-19-21-22-20(25-19)17-9-10-17)18-11-12-24(13-18)15(2)16-7-5-4-6-8-16/h4-8,15,17-18H,3,9-14H2,1-2H3. The summed E-state index contributed by atoms with van der Waals surface area (Å²) in [5, 5.41) is 8.49. The van der Waals surface area contributed by atoms with Crippen molar-refractivity contribution in [2.75, 3.05) is 19.6 Å². The number of likely N-dealkylation sites (tertiary alicyclic amines) is 1. The van der Waals surface area contributed by atoms with Crippen molar-refractivity contribution in [1.82, 2.24) is 20.0 Å². The fourth-order valence-corrected chi connectivity index (χ4v) is 3.86. The average molecular weight is 340 g/mol. The zero-order chi connectivity index (χ0) is 17.2. The summed E-state index contributed by atoms with van der Waals surface area (Å²) in [7, 11) is 0. The van der Waals surface area contributed by atoms with Gasteiger partial charge in [-0.15, -0.1) is 10.2 Å². The molecule has 5 nitrogen and oxygen atoms in total. The Bertz CT molecular complexity index is 682. The van der Waals surface area contributed by atoms with Gasteiger partial charge in [0, 0.05) is 31.1 Å². The molecule has 2 fully saturated rings. The minimum atomic E-state index is 0.467. The van der Waals surface area contributed by atoms with Crippen LogP contribution in [0.25, 0.3) is 0 Å². The first-order valence-electron chi connectivity index (χ1n) is 9.60. The van der Waals surface area contributed by atoms with E-state index in [1.807, 2.05) is 0 Å². The second kappa shape index (κ2) is 7.26. The molecule has 1 saturated carbocycles. The Balaban J connectivity index is 1.37. The fourth-order valence-electron chi connectivity index (χ4n) is 3.86. The zero-order valence-corrected chi connectivity index (χ0v) is 15.3. The highest BCUT2D eigenvalue weighted by Gasteiger charge is 2.32. The summed E-state index contributed by atoms with van der Waals surface area (Å²) in [4.78, 5) is 5.08. The van der Waals surface area contributed by atoms with Crippen LogP contribution in [-0.2, 0) is 6.54 Å². The van der Waals surface area contributed by atoms with Crippen LogP contribution in [0, 0.1) is 0 Å². The van der Waals surface area contributed by atoms with Crippen LogP contribution in [0.4, 0.5) is 0 Å². The van der Waals surface area contributed by atoms with Crippen LogP contribution in [0.15, 0.2) is 34.7 Å². The molecule has 1 aromatic carbocycles. The van der Waals surface area contributed by atoms with E-state index >= 15 is 0 Å². The van der Waals surface area contributed by atoms with Crippen LogP contribution in [-0.4, -0.2) is 45.7 Å². The maximum atomic E-state index is 5.87. The first-order chi connectivity index (χ1) is 12.2. The number of benzene rings is 1. The van der Waals surface area contributed by atoms with Gasteiger partial charge in [0.05, 0.1) is 6.54 Å². The molecule has 0 bridgehead atoms. The van der Waals surface area contributed by atoms with E-state index in [1.54, 1.807) is 0 Å². The van der Waals surface area contributed by atoms with E-state index in [-0.39, 0.29) is 0 Å². The predicted octanol–water partition coefficient (Wildman–Crippen LogP) is 3.60. The van der Waals surface area contributed by atoms with Gasteiger partial charge >= 0.3 is 0 Å². The summed E-state index contributed by atoms with van der Waals surface area (Å²) in [5.41, 5.74) is 1.40. The molecule has 25 heavy (non-hydrogen) atoms. The summed E-state index contributed by atoms with van der Waals surface area (Å²) in [6.07, 6.45) is 3.61. The highest BCUT2D eigenvalue weighted by molar-refractivity contribution is 5.18. The molecule has 0 amide bonds. The highest BCUT2D eigenvalue weighted by atomic mass is 16.4.